The van der Waals surface area contributed by atoms with Crippen LogP contribution in [-0.2, 0) is 4.79 Å². The summed E-state index contributed by atoms with van der Waals surface area (Å²) in [4.78, 5) is 26.0. The first-order valence-electron chi connectivity index (χ1n) is 4.43. The zero-order valence-electron chi connectivity index (χ0n) is 7.78. The number of rotatable bonds is 1. The molecule has 0 aromatic heterocycles. The molecule has 13 heavy (non-hydrogen) atoms. The number of hydrogen-bond acceptors (Lipinski definition) is 3. The van der Waals surface area contributed by atoms with Gasteiger partial charge in [0.1, 0.15) is 6.04 Å². The first kappa shape index (κ1) is 8.50. The van der Waals surface area contributed by atoms with Gasteiger partial charge in [-0.2, -0.15) is 0 Å². The number of amides is 3. The monoisotopic (exact) mass is 183 g/mol. The van der Waals surface area contributed by atoms with Crippen LogP contribution in [0, 0.1) is 0 Å². The van der Waals surface area contributed by atoms with Crippen molar-refractivity contribution in [3.05, 3.63) is 0 Å². The average molecular weight is 183 g/mol. The second-order valence-corrected chi connectivity index (χ2v) is 3.59. The predicted octanol–water partition coefficient (Wildman–Crippen LogP) is -0.759. The predicted molar refractivity (Wildman–Crippen MR) is 46.1 cm³/mol. The molecule has 0 bridgehead atoms. The molecular formula is C8H13N3O2. The van der Waals surface area contributed by atoms with Crippen molar-refractivity contribution in [3.8, 4) is 0 Å². The van der Waals surface area contributed by atoms with E-state index in [4.69, 9.17) is 0 Å². The summed E-state index contributed by atoms with van der Waals surface area (Å²) in [6, 6.07) is -0.385. The van der Waals surface area contributed by atoms with Crippen molar-refractivity contribution in [2.45, 2.75) is 19.0 Å². The lowest BCUT2D eigenvalue weighted by atomic mass is 10.1. The fraction of sp³-hybridized carbons (Fsp3) is 0.750. The molecule has 5 nitrogen and oxygen atoms in total. The summed E-state index contributed by atoms with van der Waals surface area (Å²) in [5.74, 6) is -0.0704. The van der Waals surface area contributed by atoms with Crippen molar-refractivity contribution in [1.82, 2.24) is 15.1 Å². The Labute approximate surface area is 76.7 Å². The van der Waals surface area contributed by atoms with Gasteiger partial charge in [0.05, 0.1) is 6.04 Å². The Morgan fingerprint density at radius 1 is 1.38 bits per heavy atom. The number of urea groups is 1. The lowest BCUT2D eigenvalue weighted by Crippen LogP contribution is -2.59. The summed E-state index contributed by atoms with van der Waals surface area (Å²) in [6.07, 6.45) is 0. The van der Waals surface area contributed by atoms with E-state index in [1.165, 1.54) is 9.80 Å². The van der Waals surface area contributed by atoms with Crippen molar-refractivity contribution >= 4 is 11.9 Å². The molecule has 5 heteroatoms. The maximum Gasteiger partial charge on any atom is 0.327 e. The van der Waals surface area contributed by atoms with Crippen LogP contribution >= 0.6 is 0 Å². The Morgan fingerprint density at radius 3 is 2.31 bits per heavy atom. The van der Waals surface area contributed by atoms with Crippen LogP contribution in [0.2, 0.25) is 0 Å². The lowest BCUT2D eigenvalue weighted by Gasteiger charge is -2.33. The highest BCUT2D eigenvalue weighted by molar-refractivity contribution is 6.04. The van der Waals surface area contributed by atoms with Crippen LogP contribution in [0.4, 0.5) is 4.79 Å². The second-order valence-electron chi connectivity index (χ2n) is 3.59. The number of nitrogens with one attached hydrogen (secondary N) is 1. The summed E-state index contributed by atoms with van der Waals surface area (Å²) >= 11 is 0. The molecule has 72 valence electrons. The Morgan fingerprint density at radius 2 is 2.00 bits per heavy atom. The quantitative estimate of drug-likeness (QED) is 0.544. The molecule has 0 aliphatic carbocycles. The normalized spacial score (nSPS) is 29.8. The maximum atomic E-state index is 11.6. The van der Waals surface area contributed by atoms with E-state index in [0.29, 0.717) is 0 Å². The Balaban J connectivity index is 2.18. The van der Waals surface area contributed by atoms with Crippen LogP contribution in [-0.4, -0.2) is 54.0 Å². The van der Waals surface area contributed by atoms with Crippen LogP contribution in [0.25, 0.3) is 0 Å². The van der Waals surface area contributed by atoms with Crippen LogP contribution < -0.4 is 5.32 Å². The SMILES string of the molecule is C[C@@H]1C(=O)N(C2CNC2)C(=O)N1C. The largest absolute Gasteiger partial charge is 0.327 e. The Bertz CT molecular complexity index is 242. The van der Waals surface area contributed by atoms with Crippen LogP contribution in [0.5, 0.6) is 0 Å². The Kier molecular flexibility index (Phi) is 1.76. The molecule has 0 saturated carbocycles. The van der Waals surface area contributed by atoms with Gasteiger partial charge in [0.2, 0.25) is 0 Å². The van der Waals surface area contributed by atoms with Gasteiger partial charge in [-0.25, -0.2) is 4.79 Å². The zero-order valence-corrected chi connectivity index (χ0v) is 7.78. The fourth-order valence-electron chi connectivity index (χ4n) is 1.59. The third-order valence-electron chi connectivity index (χ3n) is 2.81. The van der Waals surface area contributed by atoms with Gasteiger partial charge in [-0.1, -0.05) is 0 Å². The molecule has 0 radical (unpaired) electrons. The summed E-state index contributed by atoms with van der Waals surface area (Å²) < 4.78 is 0. The molecule has 2 fully saturated rings. The van der Waals surface area contributed by atoms with E-state index in [2.05, 4.69) is 5.32 Å². The van der Waals surface area contributed by atoms with Crippen molar-refractivity contribution in [1.29, 1.82) is 0 Å². The standard InChI is InChI=1S/C8H13N3O2/c1-5-7(12)11(6-3-9-4-6)8(13)10(5)2/h5-6,9H,3-4H2,1-2H3/t5-/m1/s1. The number of carbonyl (C=O) groups is 2. The van der Waals surface area contributed by atoms with Crippen molar-refractivity contribution in [2.75, 3.05) is 20.1 Å². The molecule has 2 heterocycles. The second kappa shape index (κ2) is 2.70. The summed E-state index contributed by atoms with van der Waals surface area (Å²) in [5, 5.41) is 3.04. The highest BCUT2D eigenvalue weighted by atomic mass is 16.2. The first-order valence-corrected chi connectivity index (χ1v) is 4.43. The molecule has 2 saturated heterocycles. The van der Waals surface area contributed by atoms with Crippen LogP contribution in [0.15, 0.2) is 0 Å². The molecular weight excluding hydrogens is 170 g/mol. The molecule has 3 amide bonds. The van der Waals surface area contributed by atoms with Gasteiger partial charge in [0.15, 0.2) is 0 Å². The number of imide groups is 1. The zero-order chi connectivity index (χ0) is 9.59. The smallest absolute Gasteiger partial charge is 0.316 e. The molecule has 2 aliphatic heterocycles. The molecule has 1 N–H and O–H groups in total. The fourth-order valence-corrected chi connectivity index (χ4v) is 1.59. The van der Waals surface area contributed by atoms with Crippen LogP contribution in [0.1, 0.15) is 6.92 Å². The summed E-state index contributed by atoms with van der Waals surface area (Å²) in [7, 11) is 1.66. The van der Waals surface area contributed by atoms with Gasteiger partial charge in [-0.05, 0) is 6.92 Å². The summed E-state index contributed by atoms with van der Waals surface area (Å²) in [6.45, 7) is 3.22. The van der Waals surface area contributed by atoms with Crippen molar-refractivity contribution in [2.24, 2.45) is 0 Å². The molecule has 2 aliphatic rings. The van der Waals surface area contributed by atoms with Gasteiger partial charge >= 0.3 is 6.03 Å². The van der Waals surface area contributed by atoms with Crippen molar-refractivity contribution < 1.29 is 9.59 Å². The molecule has 0 spiro atoms. The molecule has 2 rings (SSSR count). The number of likely N-dealkylation sites (N-methyl/N-ethyl adjacent to an activating group) is 1. The number of hydrogen-bond donors (Lipinski definition) is 1. The van der Waals surface area contributed by atoms with Gasteiger partial charge in [0.25, 0.3) is 5.91 Å². The number of carbonyl (C=O) groups excluding carboxylic acids is 2. The minimum Gasteiger partial charge on any atom is -0.316 e. The van der Waals surface area contributed by atoms with E-state index >= 15 is 0 Å². The van der Waals surface area contributed by atoms with E-state index in [1.807, 2.05) is 0 Å². The highest BCUT2D eigenvalue weighted by Gasteiger charge is 2.45. The maximum absolute atomic E-state index is 11.6. The van der Waals surface area contributed by atoms with E-state index < -0.39 is 0 Å². The van der Waals surface area contributed by atoms with Crippen molar-refractivity contribution in [3.63, 3.8) is 0 Å². The van der Waals surface area contributed by atoms with E-state index in [-0.39, 0.29) is 24.0 Å². The molecule has 0 unspecified atom stereocenters. The molecule has 1 atom stereocenters. The Hall–Kier alpha value is -1.10. The lowest BCUT2D eigenvalue weighted by molar-refractivity contribution is -0.129. The van der Waals surface area contributed by atoms with E-state index in [0.717, 1.165) is 13.1 Å². The van der Waals surface area contributed by atoms with Gasteiger partial charge < -0.3 is 10.2 Å². The number of nitrogens with zero attached hydrogens (tertiary/aromatic N) is 2. The van der Waals surface area contributed by atoms with Gasteiger partial charge in [-0.15, -0.1) is 0 Å². The minimum absolute atomic E-state index is 0.0704. The molecule has 0 aromatic rings. The third-order valence-corrected chi connectivity index (χ3v) is 2.81. The van der Waals surface area contributed by atoms with E-state index in [1.54, 1.807) is 14.0 Å². The van der Waals surface area contributed by atoms with Crippen LogP contribution in [0.3, 0.4) is 0 Å². The molecule has 0 aromatic carbocycles. The summed E-state index contributed by atoms with van der Waals surface area (Å²) in [5.41, 5.74) is 0. The first-order chi connectivity index (χ1) is 6.13. The topological polar surface area (TPSA) is 52.7 Å². The minimum atomic E-state index is -0.298. The van der Waals surface area contributed by atoms with Gasteiger partial charge in [0, 0.05) is 20.1 Å². The van der Waals surface area contributed by atoms with Gasteiger partial charge in [-0.3, -0.25) is 9.69 Å². The van der Waals surface area contributed by atoms with E-state index in [9.17, 15) is 9.59 Å². The highest BCUT2D eigenvalue weighted by Crippen LogP contribution is 2.19. The average Bonchev–Trinajstić information content (AvgIpc) is 2.19. The third kappa shape index (κ3) is 1.03.